The van der Waals surface area contributed by atoms with E-state index in [1.807, 2.05) is 48.2 Å². The Morgan fingerprint density at radius 3 is 2.41 bits per heavy atom. The first kappa shape index (κ1) is 23.5. The summed E-state index contributed by atoms with van der Waals surface area (Å²) in [7, 11) is 0. The number of carbonyl (C=O) groups excluding carboxylic acids is 2. The molecule has 34 heavy (non-hydrogen) atoms. The molecule has 2 aromatic heterocycles. The lowest BCUT2D eigenvalue weighted by Crippen LogP contribution is -2.55. The molecule has 0 unspecified atom stereocenters. The molecule has 4 rings (SSSR count). The van der Waals surface area contributed by atoms with Crippen LogP contribution in [0.15, 0.2) is 59.2 Å². The second-order valence-corrected chi connectivity index (χ2v) is 8.89. The maximum atomic E-state index is 13.5. The van der Waals surface area contributed by atoms with Gasteiger partial charge in [-0.2, -0.15) is 0 Å². The minimum Gasteiger partial charge on any atom is -0.459 e. The van der Waals surface area contributed by atoms with E-state index in [0.717, 1.165) is 22.9 Å². The second kappa shape index (κ2) is 10.5. The maximum Gasteiger partial charge on any atom is 0.287 e. The topological polar surface area (TPSA) is 91.6 Å². The molecule has 8 nitrogen and oxygen atoms in total. The molecule has 0 bridgehead atoms. The highest BCUT2D eigenvalue weighted by molar-refractivity contribution is 5.95. The maximum absolute atomic E-state index is 13.5. The van der Waals surface area contributed by atoms with Crippen molar-refractivity contribution in [2.75, 3.05) is 31.1 Å². The summed E-state index contributed by atoms with van der Waals surface area (Å²) in [5.74, 6) is 1.68. The molecule has 0 saturated carbocycles. The smallest absolute Gasteiger partial charge is 0.287 e. The third-order valence-electron chi connectivity index (χ3n) is 5.92. The van der Waals surface area contributed by atoms with E-state index in [2.05, 4.69) is 29.0 Å². The van der Waals surface area contributed by atoms with E-state index in [4.69, 9.17) is 9.40 Å². The van der Waals surface area contributed by atoms with Crippen LogP contribution in [-0.2, 0) is 11.2 Å². The fourth-order valence-electron chi connectivity index (χ4n) is 4.06. The second-order valence-electron chi connectivity index (χ2n) is 8.89. The SMILES string of the molecule is Cc1cc(N2CCN(C(=O)[C@H](Cc3ccccc3)NC(=O)c3ccco3)CC2)nc(C(C)C)n1. The summed E-state index contributed by atoms with van der Waals surface area (Å²) in [6, 6.07) is 14.3. The first-order chi connectivity index (χ1) is 16.4. The average molecular weight is 462 g/mol. The summed E-state index contributed by atoms with van der Waals surface area (Å²) >= 11 is 0. The molecule has 3 aromatic rings. The van der Waals surface area contributed by atoms with Crippen LogP contribution in [0, 0.1) is 6.92 Å². The molecule has 3 heterocycles. The lowest BCUT2D eigenvalue weighted by Gasteiger charge is -2.37. The minimum atomic E-state index is -0.680. The van der Waals surface area contributed by atoms with Gasteiger partial charge in [0, 0.05) is 50.3 Å². The normalized spacial score (nSPS) is 14.8. The van der Waals surface area contributed by atoms with Crippen LogP contribution in [0.5, 0.6) is 0 Å². The number of hydrogen-bond acceptors (Lipinski definition) is 6. The number of piperazine rings is 1. The molecular weight excluding hydrogens is 430 g/mol. The fraction of sp³-hybridized carbons (Fsp3) is 0.385. The van der Waals surface area contributed by atoms with Crippen LogP contribution < -0.4 is 10.2 Å². The minimum absolute atomic E-state index is 0.0925. The monoisotopic (exact) mass is 461 g/mol. The van der Waals surface area contributed by atoms with Gasteiger partial charge in [-0.25, -0.2) is 9.97 Å². The van der Waals surface area contributed by atoms with Crippen LogP contribution in [-0.4, -0.2) is 58.9 Å². The number of anilines is 1. The molecule has 8 heteroatoms. The summed E-state index contributed by atoms with van der Waals surface area (Å²) in [4.78, 5) is 39.4. The molecule has 1 aromatic carbocycles. The number of aromatic nitrogens is 2. The van der Waals surface area contributed by atoms with Crippen molar-refractivity contribution in [3.8, 4) is 0 Å². The van der Waals surface area contributed by atoms with Crippen LogP contribution in [0.25, 0.3) is 0 Å². The number of furan rings is 1. The number of amides is 2. The van der Waals surface area contributed by atoms with Crippen LogP contribution in [0.3, 0.4) is 0 Å². The van der Waals surface area contributed by atoms with Crippen LogP contribution in [0.2, 0.25) is 0 Å². The van der Waals surface area contributed by atoms with E-state index in [9.17, 15) is 9.59 Å². The number of rotatable bonds is 7. The Bertz CT molecular complexity index is 1110. The molecule has 0 aliphatic carbocycles. The molecule has 0 radical (unpaired) electrons. The van der Waals surface area contributed by atoms with Crippen LogP contribution >= 0.6 is 0 Å². The van der Waals surface area contributed by atoms with Crippen LogP contribution in [0.1, 0.15) is 47.4 Å². The molecular formula is C26H31N5O3. The van der Waals surface area contributed by atoms with E-state index >= 15 is 0 Å². The van der Waals surface area contributed by atoms with Crippen molar-refractivity contribution >= 4 is 17.6 Å². The molecule has 1 atom stereocenters. The lowest BCUT2D eigenvalue weighted by molar-refractivity contribution is -0.133. The zero-order valence-electron chi connectivity index (χ0n) is 19.9. The number of benzene rings is 1. The van der Waals surface area contributed by atoms with Gasteiger partial charge in [0.05, 0.1) is 6.26 Å². The quantitative estimate of drug-likeness (QED) is 0.581. The number of aryl methyl sites for hydroxylation is 1. The van der Waals surface area contributed by atoms with Gasteiger partial charge in [0.15, 0.2) is 5.76 Å². The molecule has 178 valence electrons. The number of carbonyl (C=O) groups is 2. The van der Waals surface area contributed by atoms with Gasteiger partial charge in [0.2, 0.25) is 5.91 Å². The van der Waals surface area contributed by atoms with Gasteiger partial charge in [-0.15, -0.1) is 0 Å². The number of nitrogens with one attached hydrogen (secondary N) is 1. The van der Waals surface area contributed by atoms with Gasteiger partial charge in [-0.05, 0) is 24.6 Å². The van der Waals surface area contributed by atoms with Gasteiger partial charge in [-0.1, -0.05) is 44.2 Å². The zero-order chi connectivity index (χ0) is 24.1. The molecule has 1 fully saturated rings. The van der Waals surface area contributed by atoms with E-state index in [0.29, 0.717) is 32.6 Å². The summed E-state index contributed by atoms with van der Waals surface area (Å²) < 4.78 is 5.21. The average Bonchev–Trinajstić information content (AvgIpc) is 3.39. The number of hydrogen-bond donors (Lipinski definition) is 1. The van der Waals surface area contributed by atoms with Gasteiger partial charge in [-0.3, -0.25) is 9.59 Å². The van der Waals surface area contributed by atoms with Crippen molar-refractivity contribution in [3.63, 3.8) is 0 Å². The largest absolute Gasteiger partial charge is 0.459 e. The van der Waals surface area contributed by atoms with Crippen molar-refractivity contribution in [1.82, 2.24) is 20.2 Å². The van der Waals surface area contributed by atoms with Crippen molar-refractivity contribution in [2.45, 2.75) is 39.2 Å². The summed E-state index contributed by atoms with van der Waals surface area (Å²) in [5, 5.41) is 2.88. The van der Waals surface area contributed by atoms with Crippen molar-refractivity contribution in [2.24, 2.45) is 0 Å². The van der Waals surface area contributed by atoms with E-state index in [-0.39, 0.29) is 17.6 Å². The molecule has 1 saturated heterocycles. The standard InChI is InChI=1S/C26H31N5O3/c1-18(2)24-27-19(3)16-23(29-24)30-11-13-31(14-12-30)26(33)21(17-20-8-5-4-6-9-20)28-25(32)22-10-7-15-34-22/h4-10,15-16,18,21H,11-14,17H2,1-3H3,(H,28,32)/t21-/m0/s1. The van der Waals surface area contributed by atoms with Crippen molar-refractivity contribution in [1.29, 1.82) is 0 Å². The predicted octanol–water partition coefficient (Wildman–Crippen LogP) is 3.19. The first-order valence-electron chi connectivity index (χ1n) is 11.7. The van der Waals surface area contributed by atoms with Gasteiger partial charge >= 0.3 is 0 Å². The Morgan fingerprint density at radius 1 is 1.03 bits per heavy atom. The van der Waals surface area contributed by atoms with Crippen LogP contribution in [0.4, 0.5) is 5.82 Å². The van der Waals surface area contributed by atoms with Gasteiger partial charge in [0.1, 0.15) is 17.7 Å². The highest BCUT2D eigenvalue weighted by Gasteiger charge is 2.30. The Morgan fingerprint density at radius 2 is 1.76 bits per heavy atom. The Labute approximate surface area is 200 Å². The van der Waals surface area contributed by atoms with E-state index < -0.39 is 11.9 Å². The number of nitrogens with zero attached hydrogens (tertiary/aromatic N) is 4. The van der Waals surface area contributed by atoms with Gasteiger partial charge in [0.25, 0.3) is 5.91 Å². The van der Waals surface area contributed by atoms with Crippen molar-refractivity contribution < 1.29 is 14.0 Å². The predicted molar refractivity (Wildman–Crippen MR) is 130 cm³/mol. The Kier molecular flexibility index (Phi) is 7.25. The first-order valence-corrected chi connectivity index (χ1v) is 11.7. The summed E-state index contributed by atoms with van der Waals surface area (Å²) in [5.41, 5.74) is 1.92. The van der Waals surface area contributed by atoms with E-state index in [1.165, 1.54) is 6.26 Å². The molecule has 2 amide bonds. The molecule has 1 aliphatic heterocycles. The molecule has 0 spiro atoms. The summed E-state index contributed by atoms with van der Waals surface area (Å²) in [6.07, 6.45) is 1.86. The lowest BCUT2D eigenvalue weighted by atomic mass is 10.0. The van der Waals surface area contributed by atoms with Crippen molar-refractivity contribution in [3.05, 3.63) is 77.6 Å². The third-order valence-corrected chi connectivity index (χ3v) is 5.92. The summed E-state index contributed by atoms with van der Waals surface area (Å²) in [6.45, 7) is 8.60. The highest BCUT2D eigenvalue weighted by atomic mass is 16.3. The Hall–Kier alpha value is -3.68. The zero-order valence-corrected chi connectivity index (χ0v) is 19.9. The van der Waals surface area contributed by atoms with E-state index in [1.54, 1.807) is 12.1 Å². The Balaban J connectivity index is 1.45. The highest BCUT2D eigenvalue weighted by Crippen LogP contribution is 2.19. The molecule has 1 N–H and O–H groups in total. The van der Waals surface area contributed by atoms with Gasteiger partial charge < -0.3 is 19.5 Å². The third kappa shape index (κ3) is 5.62. The molecule has 1 aliphatic rings. The fourth-order valence-corrected chi connectivity index (χ4v) is 4.06.